The lowest BCUT2D eigenvalue weighted by Gasteiger charge is -2.36. The third-order valence-electron chi connectivity index (χ3n) is 3.64. The number of carbonyl (C=O) groups is 1. The molecule has 2 N–H and O–H groups in total. The van der Waals surface area contributed by atoms with Gasteiger partial charge in [-0.25, -0.2) is 4.98 Å². The van der Waals surface area contributed by atoms with Gasteiger partial charge in [0.15, 0.2) is 0 Å². The number of piperazine rings is 1. The highest BCUT2D eigenvalue weighted by molar-refractivity contribution is 5.79. The maximum atomic E-state index is 12.2. The van der Waals surface area contributed by atoms with Crippen LogP contribution in [0.5, 0.6) is 0 Å². The monoisotopic (exact) mass is 263 g/mol. The summed E-state index contributed by atoms with van der Waals surface area (Å²) in [6.45, 7) is 6.77. The van der Waals surface area contributed by atoms with Crippen LogP contribution in [-0.4, -0.2) is 53.0 Å². The summed E-state index contributed by atoms with van der Waals surface area (Å²) in [5.74, 6) is 0.895. The molecule has 1 aromatic rings. The van der Waals surface area contributed by atoms with Gasteiger partial charge in [-0.3, -0.25) is 9.78 Å². The van der Waals surface area contributed by atoms with Crippen molar-refractivity contribution >= 4 is 11.7 Å². The van der Waals surface area contributed by atoms with Crippen molar-refractivity contribution < 1.29 is 4.79 Å². The highest BCUT2D eigenvalue weighted by Gasteiger charge is 2.26. The van der Waals surface area contributed by atoms with Crippen molar-refractivity contribution in [3.8, 4) is 0 Å². The van der Waals surface area contributed by atoms with E-state index >= 15 is 0 Å². The second-order valence-corrected chi connectivity index (χ2v) is 5.02. The van der Waals surface area contributed by atoms with Crippen molar-refractivity contribution in [2.45, 2.75) is 19.9 Å². The van der Waals surface area contributed by atoms with Gasteiger partial charge in [-0.05, 0) is 6.92 Å². The first-order valence-electron chi connectivity index (χ1n) is 6.65. The summed E-state index contributed by atoms with van der Waals surface area (Å²) in [7, 11) is 0. The van der Waals surface area contributed by atoms with E-state index in [-0.39, 0.29) is 17.9 Å². The summed E-state index contributed by atoms with van der Waals surface area (Å²) in [4.78, 5) is 24.6. The molecule has 0 spiro atoms. The second-order valence-electron chi connectivity index (χ2n) is 5.02. The van der Waals surface area contributed by atoms with Crippen LogP contribution < -0.4 is 10.6 Å². The lowest BCUT2D eigenvalue weighted by molar-refractivity contribution is -0.135. The molecule has 6 heteroatoms. The molecule has 2 unspecified atom stereocenters. The standard InChI is InChI=1S/C13H21N5O/c1-10(11(2)14)13(19)18-7-5-17(6-8-18)12-9-15-3-4-16-12/h3-4,9-11H,5-8,14H2,1-2H3. The molecule has 1 saturated heterocycles. The summed E-state index contributed by atoms with van der Waals surface area (Å²) < 4.78 is 0. The lowest BCUT2D eigenvalue weighted by Crippen LogP contribution is -2.52. The van der Waals surface area contributed by atoms with Crippen molar-refractivity contribution in [1.29, 1.82) is 0 Å². The van der Waals surface area contributed by atoms with Crippen molar-refractivity contribution in [2.75, 3.05) is 31.1 Å². The van der Waals surface area contributed by atoms with E-state index in [1.54, 1.807) is 18.6 Å². The predicted molar refractivity (Wildman–Crippen MR) is 73.6 cm³/mol. The fourth-order valence-corrected chi connectivity index (χ4v) is 2.12. The molecule has 1 amide bonds. The van der Waals surface area contributed by atoms with E-state index < -0.39 is 0 Å². The van der Waals surface area contributed by atoms with Gasteiger partial charge in [0.05, 0.1) is 12.1 Å². The first-order valence-corrected chi connectivity index (χ1v) is 6.65. The maximum Gasteiger partial charge on any atom is 0.227 e. The topological polar surface area (TPSA) is 75.4 Å². The van der Waals surface area contributed by atoms with Crippen molar-refractivity contribution in [1.82, 2.24) is 14.9 Å². The van der Waals surface area contributed by atoms with Crippen LogP contribution in [0.3, 0.4) is 0 Å². The molecule has 2 atom stereocenters. The Kier molecular flexibility index (Phi) is 4.31. The number of carbonyl (C=O) groups excluding carboxylic acids is 1. The van der Waals surface area contributed by atoms with Crippen LogP contribution in [-0.2, 0) is 4.79 Å². The van der Waals surface area contributed by atoms with Gasteiger partial charge in [-0.2, -0.15) is 0 Å². The molecule has 6 nitrogen and oxygen atoms in total. The van der Waals surface area contributed by atoms with Gasteiger partial charge < -0.3 is 15.5 Å². The number of nitrogens with zero attached hydrogens (tertiary/aromatic N) is 4. The molecule has 0 aliphatic carbocycles. The first kappa shape index (κ1) is 13.7. The van der Waals surface area contributed by atoms with Crippen molar-refractivity contribution in [3.05, 3.63) is 18.6 Å². The third-order valence-corrected chi connectivity index (χ3v) is 3.64. The summed E-state index contributed by atoms with van der Waals surface area (Å²) in [6, 6.07) is -0.106. The molecule has 1 aliphatic rings. The summed E-state index contributed by atoms with van der Waals surface area (Å²) in [5.41, 5.74) is 5.79. The number of hydrogen-bond donors (Lipinski definition) is 1. The van der Waals surface area contributed by atoms with Crippen LogP contribution in [0.4, 0.5) is 5.82 Å². The molecule has 0 saturated carbocycles. The number of hydrogen-bond acceptors (Lipinski definition) is 5. The van der Waals surface area contributed by atoms with Crippen LogP contribution in [0.1, 0.15) is 13.8 Å². The number of aromatic nitrogens is 2. The molecule has 1 aromatic heterocycles. The molecular weight excluding hydrogens is 242 g/mol. The summed E-state index contributed by atoms with van der Waals surface area (Å²) in [5, 5.41) is 0. The molecule has 2 heterocycles. The second kappa shape index (κ2) is 5.97. The van der Waals surface area contributed by atoms with Crippen LogP contribution in [0.2, 0.25) is 0 Å². The highest BCUT2D eigenvalue weighted by Crippen LogP contribution is 2.14. The molecule has 19 heavy (non-hydrogen) atoms. The van der Waals surface area contributed by atoms with Gasteiger partial charge in [0.1, 0.15) is 5.82 Å². The minimum Gasteiger partial charge on any atom is -0.352 e. The molecular formula is C13H21N5O. The van der Waals surface area contributed by atoms with Crippen LogP contribution in [0, 0.1) is 5.92 Å². The Labute approximate surface area is 113 Å². The largest absolute Gasteiger partial charge is 0.352 e. The Balaban J connectivity index is 1.91. The Hall–Kier alpha value is -1.69. The van der Waals surface area contributed by atoms with Gasteiger partial charge in [0.25, 0.3) is 0 Å². The van der Waals surface area contributed by atoms with Crippen molar-refractivity contribution in [3.63, 3.8) is 0 Å². The molecule has 2 rings (SSSR count). The summed E-state index contributed by atoms with van der Waals surface area (Å²) in [6.07, 6.45) is 5.10. The number of rotatable bonds is 3. The fourth-order valence-electron chi connectivity index (χ4n) is 2.12. The van der Waals surface area contributed by atoms with E-state index in [2.05, 4.69) is 14.9 Å². The van der Waals surface area contributed by atoms with E-state index in [9.17, 15) is 4.79 Å². The average Bonchev–Trinajstić information content (AvgIpc) is 2.46. The van der Waals surface area contributed by atoms with Crippen LogP contribution in [0.15, 0.2) is 18.6 Å². The molecule has 0 radical (unpaired) electrons. The van der Waals surface area contributed by atoms with Gasteiger partial charge in [-0.15, -0.1) is 0 Å². The van der Waals surface area contributed by atoms with E-state index in [1.165, 1.54) is 0 Å². The van der Waals surface area contributed by atoms with E-state index in [0.29, 0.717) is 13.1 Å². The lowest BCUT2D eigenvalue weighted by atomic mass is 10.0. The number of amides is 1. The zero-order chi connectivity index (χ0) is 13.8. The van der Waals surface area contributed by atoms with Gasteiger partial charge in [-0.1, -0.05) is 6.92 Å². The predicted octanol–water partition coefficient (Wildman–Crippen LogP) is 0.109. The maximum absolute atomic E-state index is 12.2. The Bertz CT molecular complexity index is 414. The smallest absolute Gasteiger partial charge is 0.227 e. The molecule has 1 aliphatic heterocycles. The van der Waals surface area contributed by atoms with Gasteiger partial charge >= 0.3 is 0 Å². The van der Waals surface area contributed by atoms with Gasteiger partial charge in [0.2, 0.25) is 5.91 Å². The molecule has 104 valence electrons. The van der Waals surface area contributed by atoms with Crippen molar-refractivity contribution in [2.24, 2.45) is 11.7 Å². The zero-order valence-corrected chi connectivity index (χ0v) is 11.5. The van der Waals surface area contributed by atoms with E-state index in [4.69, 9.17) is 5.73 Å². The Morgan fingerprint density at radius 1 is 1.26 bits per heavy atom. The third kappa shape index (κ3) is 3.20. The van der Waals surface area contributed by atoms with Crippen LogP contribution in [0.25, 0.3) is 0 Å². The van der Waals surface area contributed by atoms with Crippen LogP contribution >= 0.6 is 0 Å². The first-order chi connectivity index (χ1) is 9.09. The molecule has 0 bridgehead atoms. The Morgan fingerprint density at radius 3 is 2.47 bits per heavy atom. The van der Waals surface area contributed by atoms with E-state index in [1.807, 2.05) is 18.7 Å². The quantitative estimate of drug-likeness (QED) is 0.837. The number of nitrogens with two attached hydrogens (primary N) is 1. The number of anilines is 1. The molecule has 0 aromatic carbocycles. The fraction of sp³-hybridized carbons (Fsp3) is 0.615. The van der Waals surface area contributed by atoms with E-state index in [0.717, 1.165) is 18.9 Å². The minimum atomic E-state index is -0.122. The summed E-state index contributed by atoms with van der Waals surface area (Å²) >= 11 is 0. The zero-order valence-electron chi connectivity index (χ0n) is 11.5. The average molecular weight is 263 g/mol. The molecule has 1 fully saturated rings. The normalized spacial score (nSPS) is 19.1. The highest BCUT2D eigenvalue weighted by atomic mass is 16.2. The van der Waals surface area contributed by atoms with Gasteiger partial charge in [0, 0.05) is 44.6 Å². The minimum absolute atomic E-state index is 0.106. The Morgan fingerprint density at radius 2 is 1.95 bits per heavy atom. The SMILES string of the molecule is CC(N)C(C)C(=O)N1CCN(c2cnccn2)CC1.